The van der Waals surface area contributed by atoms with Crippen molar-refractivity contribution in [2.45, 2.75) is 18.9 Å². The Morgan fingerprint density at radius 3 is 2.81 bits per heavy atom. The van der Waals surface area contributed by atoms with E-state index in [1.807, 2.05) is 6.20 Å². The van der Waals surface area contributed by atoms with Crippen LogP contribution in [0, 0.1) is 5.82 Å². The van der Waals surface area contributed by atoms with Crippen molar-refractivity contribution in [1.29, 1.82) is 0 Å². The first-order valence-electron chi connectivity index (χ1n) is 9.37. The van der Waals surface area contributed by atoms with Crippen LogP contribution in [0.3, 0.4) is 0 Å². The van der Waals surface area contributed by atoms with E-state index < -0.39 is 11.9 Å². The fraction of sp³-hybridized carbons (Fsp3) is 0.316. The number of anilines is 1. The summed E-state index contributed by atoms with van der Waals surface area (Å²) < 4.78 is 21.6. The lowest BCUT2D eigenvalue weighted by molar-refractivity contribution is 0.101. The average molecular weight is 448 g/mol. The Morgan fingerprint density at radius 2 is 2.13 bits per heavy atom. The third kappa shape index (κ3) is 3.83. The van der Waals surface area contributed by atoms with Gasteiger partial charge in [0.1, 0.15) is 11.5 Å². The van der Waals surface area contributed by atoms with Crippen molar-refractivity contribution >= 4 is 29.3 Å². The highest BCUT2D eigenvalue weighted by Gasteiger charge is 2.35. The molecular formula is C19H19ClFN7O3. The average Bonchev–Trinajstić information content (AvgIpc) is 3.39. The highest BCUT2D eigenvalue weighted by atomic mass is 35.5. The molecule has 1 N–H and O–H groups in total. The first kappa shape index (κ1) is 20.8. The minimum absolute atomic E-state index is 0.0128. The van der Waals surface area contributed by atoms with E-state index in [-0.39, 0.29) is 23.0 Å². The molecule has 1 aromatic carbocycles. The number of benzene rings is 1. The number of aryl methyl sites for hydroxylation is 2. The summed E-state index contributed by atoms with van der Waals surface area (Å²) in [6, 6.07) is 3.71. The summed E-state index contributed by atoms with van der Waals surface area (Å²) in [5.74, 6) is -0.906. The van der Waals surface area contributed by atoms with Crippen LogP contribution in [0.15, 0.2) is 24.4 Å². The molecule has 162 valence electrons. The van der Waals surface area contributed by atoms with Crippen molar-refractivity contribution in [3.05, 3.63) is 52.1 Å². The van der Waals surface area contributed by atoms with Gasteiger partial charge in [0.25, 0.3) is 5.91 Å². The molecule has 1 atom stereocenters. The minimum atomic E-state index is -0.605. The van der Waals surface area contributed by atoms with E-state index >= 15 is 0 Å². The quantitative estimate of drug-likeness (QED) is 0.659. The summed E-state index contributed by atoms with van der Waals surface area (Å²) in [4.78, 5) is 26.9. The molecule has 2 amide bonds. The third-order valence-corrected chi connectivity index (χ3v) is 5.54. The van der Waals surface area contributed by atoms with Crippen LogP contribution in [0.1, 0.15) is 34.1 Å². The number of tetrazole rings is 1. The second kappa shape index (κ2) is 7.99. The van der Waals surface area contributed by atoms with Gasteiger partial charge in [-0.3, -0.25) is 4.79 Å². The van der Waals surface area contributed by atoms with Gasteiger partial charge >= 0.3 is 12.1 Å². The zero-order chi connectivity index (χ0) is 22.3. The van der Waals surface area contributed by atoms with Gasteiger partial charge in [0.2, 0.25) is 0 Å². The van der Waals surface area contributed by atoms with Crippen molar-refractivity contribution in [2.24, 2.45) is 14.1 Å². The molecule has 2 aromatic heterocycles. The van der Waals surface area contributed by atoms with E-state index in [9.17, 15) is 14.0 Å². The number of halogens is 2. The molecule has 3 aromatic rings. The second-order valence-corrected chi connectivity index (χ2v) is 7.63. The van der Waals surface area contributed by atoms with E-state index in [0.29, 0.717) is 24.2 Å². The van der Waals surface area contributed by atoms with Gasteiger partial charge in [-0.25, -0.2) is 9.18 Å². The Bertz CT molecular complexity index is 1180. The number of ether oxygens (including phenoxy) is 1. The third-order valence-electron chi connectivity index (χ3n) is 5.25. The Hall–Kier alpha value is -3.47. The number of aromatic nitrogens is 5. The van der Waals surface area contributed by atoms with Crippen LogP contribution in [0.25, 0.3) is 0 Å². The molecule has 0 fully saturated rings. The highest BCUT2D eigenvalue weighted by Crippen LogP contribution is 2.38. The smallest absolute Gasteiger partial charge is 0.373 e. The predicted molar refractivity (Wildman–Crippen MR) is 108 cm³/mol. The van der Waals surface area contributed by atoms with Gasteiger partial charge in [0.15, 0.2) is 0 Å². The van der Waals surface area contributed by atoms with Crippen molar-refractivity contribution in [3.8, 4) is 6.01 Å². The Kier molecular flexibility index (Phi) is 5.36. The van der Waals surface area contributed by atoms with Crippen molar-refractivity contribution in [1.82, 2.24) is 29.7 Å². The summed E-state index contributed by atoms with van der Waals surface area (Å²) in [5, 5.41) is 13.4. The zero-order valence-electron chi connectivity index (χ0n) is 17.0. The summed E-state index contributed by atoms with van der Waals surface area (Å²) in [7, 11) is 4.94. The lowest BCUT2D eigenvalue weighted by Crippen LogP contribution is -2.33. The molecule has 0 saturated heterocycles. The van der Waals surface area contributed by atoms with E-state index in [0.717, 1.165) is 11.1 Å². The van der Waals surface area contributed by atoms with Crippen LogP contribution in [0.4, 0.5) is 14.9 Å². The van der Waals surface area contributed by atoms with E-state index in [1.54, 1.807) is 25.7 Å². The number of rotatable bonds is 4. The normalized spacial score (nSPS) is 14.9. The van der Waals surface area contributed by atoms with Gasteiger partial charge in [0.05, 0.1) is 11.1 Å². The van der Waals surface area contributed by atoms with Gasteiger partial charge in [-0.05, 0) is 52.6 Å². The summed E-state index contributed by atoms with van der Waals surface area (Å²) >= 11 is 5.80. The highest BCUT2D eigenvalue weighted by molar-refractivity contribution is 6.31. The molecule has 4 rings (SSSR count). The first-order chi connectivity index (χ1) is 14.8. The molecule has 2 heterocycles. The number of amides is 2. The van der Waals surface area contributed by atoms with Crippen LogP contribution < -0.4 is 10.1 Å². The molecule has 31 heavy (non-hydrogen) atoms. The Labute approximate surface area is 181 Å². The lowest BCUT2D eigenvalue weighted by Gasteiger charge is -2.23. The number of carbonyl (C=O) groups is 2. The van der Waals surface area contributed by atoms with E-state index in [1.165, 1.54) is 27.8 Å². The standard InChI is InChI=1S/C19H19ClFN7O3/c1-26-9-12-11(16(26)17(29)22-10-4-6-14(21)13(20)8-10)5-7-15(12)27(2)19(30)31-18-23-24-25-28(18)3/h4,6,8-9,15H,5,7H2,1-3H3,(H,22,29). The number of hydrogen-bond acceptors (Lipinski definition) is 6. The lowest BCUT2D eigenvalue weighted by atomic mass is 10.1. The molecule has 1 aliphatic rings. The Morgan fingerprint density at radius 1 is 1.35 bits per heavy atom. The van der Waals surface area contributed by atoms with Crippen molar-refractivity contribution < 1.29 is 18.7 Å². The first-order valence-corrected chi connectivity index (χ1v) is 9.75. The maximum absolute atomic E-state index is 13.4. The summed E-state index contributed by atoms with van der Waals surface area (Å²) in [6.07, 6.45) is 2.47. The van der Waals surface area contributed by atoms with Crippen LogP contribution in [0.5, 0.6) is 6.01 Å². The molecule has 1 unspecified atom stereocenters. The zero-order valence-corrected chi connectivity index (χ0v) is 17.7. The monoisotopic (exact) mass is 447 g/mol. The molecule has 1 aliphatic carbocycles. The number of hydrogen-bond donors (Lipinski definition) is 1. The SMILES string of the molecule is CN(C(=O)Oc1nnnn1C)C1CCc2c1cn(C)c2C(=O)Nc1ccc(F)c(Cl)c1. The number of nitrogens with one attached hydrogen (secondary N) is 1. The number of nitrogens with zero attached hydrogens (tertiary/aromatic N) is 6. The van der Waals surface area contributed by atoms with Gasteiger partial charge in [0, 0.05) is 33.0 Å². The van der Waals surface area contributed by atoms with E-state index in [4.69, 9.17) is 16.3 Å². The van der Waals surface area contributed by atoms with Gasteiger partial charge in [-0.15, -0.1) is 0 Å². The molecule has 12 heteroatoms. The largest absolute Gasteiger partial charge is 0.417 e. The summed E-state index contributed by atoms with van der Waals surface area (Å²) in [5.41, 5.74) is 2.56. The molecule has 0 radical (unpaired) electrons. The topological polar surface area (TPSA) is 107 Å². The molecule has 0 saturated carbocycles. The minimum Gasteiger partial charge on any atom is -0.373 e. The number of carbonyl (C=O) groups excluding carboxylic acids is 2. The van der Waals surface area contributed by atoms with Gasteiger partial charge in [-0.1, -0.05) is 16.7 Å². The molecule has 0 aliphatic heterocycles. The molecule has 10 nitrogen and oxygen atoms in total. The Balaban J connectivity index is 1.53. The molecular weight excluding hydrogens is 429 g/mol. The summed E-state index contributed by atoms with van der Waals surface area (Å²) in [6.45, 7) is 0. The van der Waals surface area contributed by atoms with Gasteiger partial charge < -0.3 is 19.5 Å². The second-order valence-electron chi connectivity index (χ2n) is 7.22. The number of fused-ring (bicyclic) bond motifs is 1. The maximum atomic E-state index is 13.4. The molecule has 0 spiro atoms. The molecule has 0 bridgehead atoms. The van der Waals surface area contributed by atoms with Crippen LogP contribution in [-0.2, 0) is 20.5 Å². The van der Waals surface area contributed by atoms with Crippen LogP contribution in [0.2, 0.25) is 5.02 Å². The van der Waals surface area contributed by atoms with Crippen molar-refractivity contribution in [3.63, 3.8) is 0 Å². The van der Waals surface area contributed by atoms with Crippen LogP contribution in [-0.4, -0.2) is 48.7 Å². The van der Waals surface area contributed by atoms with Crippen LogP contribution >= 0.6 is 11.6 Å². The van der Waals surface area contributed by atoms with E-state index in [2.05, 4.69) is 20.8 Å². The van der Waals surface area contributed by atoms with Crippen molar-refractivity contribution in [2.75, 3.05) is 12.4 Å². The fourth-order valence-electron chi connectivity index (χ4n) is 3.74. The maximum Gasteiger partial charge on any atom is 0.417 e. The fourth-order valence-corrected chi connectivity index (χ4v) is 3.92. The van der Waals surface area contributed by atoms with Gasteiger partial charge in [-0.2, -0.15) is 4.68 Å². The predicted octanol–water partition coefficient (Wildman–Crippen LogP) is 2.71.